The Morgan fingerprint density at radius 1 is 0.435 bits per heavy atom. The fourth-order valence-corrected chi connectivity index (χ4v) is 9.64. The minimum atomic E-state index is -4.38. The van der Waals surface area contributed by atoms with E-state index >= 15 is 0 Å². The molecule has 0 aliphatic rings. The second kappa shape index (κ2) is 51.6. The number of unbranched alkanes of at least 4 members (excludes halogenated alkanes) is 40. The highest BCUT2D eigenvalue weighted by Crippen LogP contribution is 2.43. The molecular weight excluding hydrogens is 882 g/mol. The molecule has 10 heteroatoms. The molecule has 2 atom stereocenters. The third-order valence-electron chi connectivity index (χ3n) is 13.5. The van der Waals surface area contributed by atoms with Gasteiger partial charge in [-0.2, -0.15) is 0 Å². The third-order valence-corrected chi connectivity index (χ3v) is 14.5. The highest BCUT2D eigenvalue weighted by Gasteiger charge is 2.27. The fraction of sp³-hybridized carbons (Fsp3) is 0.932. The third kappa shape index (κ3) is 55.9. The molecule has 0 spiro atoms. The maximum absolute atomic E-state index is 12.8. The molecule has 0 radical (unpaired) electrons. The number of allylic oxidation sites excluding steroid dienone is 2. The van der Waals surface area contributed by atoms with E-state index in [0.29, 0.717) is 23.9 Å². The summed E-state index contributed by atoms with van der Waals surface area (Å²) >= 11 is 0. The number of quaternary nitrogens is 1. The van der Waals surface area contributed by atoms with Gasteiger partial charge in [-0.05, 0) is 38.5 Å². The second-order valence-electron chi connectivity index (χ2n) is 21.7. The normalized spacial score (nSPS) is 13.3. The van der Waals surface area contributed by atoms with Gasteiger partial charge in [0, 0.05) is 12.8 Å². The van der Waals surface area contributed by atoms with Crippen LogP contribution in [0.2, 0.25) is 0 Å². The van der Waals surface area contributed by atoms with Gasteiger partial charge in [-0.3, -0.25) is 18.6 Å². The van der Waals surface area contributed by atoms with E-state index in [1.165, 1.54) is 218 Å². The van der Waals surface area contributed by atoms with Crippen molar-refractivity contribution in [3.8, 4) is 0 Å². The molecule has 0 aromatic carbocycles. The summed E-state index contributed by atoms with van der Waals surface area (Å²) in [5.74, 6) is -0.790. The minimum absolute atomic E-state index is 0.0336. The molecule has 0 saturated carbocycles. The maximum Gasteiger partial charge on any atom is 0.472 e. The summed E-state index contributed by atoms with van der Waals surface area (Å²) < 4.78 is 34.5. The molecular formula is C59H117NO8P+. The van der Waals surface area contributed by atoms with Crippen molar-refractivity contribution < 1.29 is 42.1 Å². The number of phosphoric ester groups is 1. The first-order valence-corrected chi connectivity index (χ1v) is 31.4. The van der Waals surface area contributed by atoms with E-state index in [4.69, 9.17) is 18.5 Å². The van der Waals surface area contributed by atoms with Crippen LogP contribution in [0.5, 0.6) is 0 Å². The van der Waals surface area contributed by atoms with E-state index in [1.807, 2.05) is 21.1 Å². The zero-order valence-corrected chi connectivity index (χ0v) is 47.5. The Kier molecular flexibility index (Phi) is 50.7. The molecule has 0 saturated heterocycles. The molecule has 0 heterocycles. The molecule has 0 aromatic heterocycles. The van der Waals surface area contributed by atoms with E-state index in [-0.39, 0.29) is 25.6 Å². The number of likely N-dealkylation sites (N-methyl/N-ethyl adjacent to an activating group) is 1. The van der Waals surface area contributed by atoms with Crippen LogP contribution in [0, 0.1) is 0 Å². The van der Waals surface area contributed by atoms with Gasteiger partial charge in [0.25, 0.3) is 0 Å². The summed E-state index contributed by atoms with van der Waals surface area (Å²) in [7, 11) is 1.49. The van der Waals surface area contributed by atoms with Crippen LogP contribution < -0.4 is 0 Å². The molecule has 69 heavy (non-hydrogen) atoms. The predicted molar refractivity (Wildman–Crippen MR) is 294 cm³/mol. The zero-order valence-electron chi connectivity index (χ0n) is 46.6. The summed E-state index contributed by atoms with van der Waals surface area (Å²) in [6.07, 6.45) is 60.1. The summed E-state index contributed by atoms with van der Waals surface area (Å²) in [6, 6.07) is 0. The molecule has 0 bridgehead atoms. The topological polar surface area (TPSA) is 108 Å². The lowest BCUT2D eigenvalue weighted by atomic mass is 10.0. The Balaban J connectivity index is 3.99. The summed E-state index contributed by atoms with van der Waals surface area (Å²) in [6.45, 7) is 4.47. The van der Waals surface area contributed by atoms with Crippen molar-refractivity contribution in [2.24, 2.45) is 0 Å². The highest BCUT2D eigenvalue weighted by atomic mass is 31.2. The summed E-state index contributed by atoms with van der Waals surface area (Å²) in [5, 5.41) is 0. The summed E-state index contributed by atoms with van der Waals surface area (Å²) in [5.41, 5.74) is 0. The van der Waals surface area contributed by atoms with Crippen LogP contribution in [-0.4, -0.2) is 74.9 Å². The molecule has 9 nitrogen and oxygen atoms in total. The van der Waals surface area contributed by atoms with Gasteiger partial charge in [-0.1, -0.05) is 264 Å². The fourth-order valence-electron chi connectivity index (χ4n) is 8.90. The quantitative estimate of drug-likeness (QED) is 0.0211. The number of hydrogen-bond donors (Lipinski definition) is 1. The van der Waals surface area contributed by atoms with Gasteiger partial charge in [0.05, 0.1) is 27.7 Å². The molecule has 0 amide bonds. The molecule has 0 fully saturated rings. The van der Waals surface area contributed by atoms with Crippen molar-refractivity contribution in [2.75, 3.05) is 47.5 Å². The van der Waals surface area contributed by atoms with Gasteiger partial charge in [-0.25, -0.2) is 4.57 Å². The number of phosphoric acid groups is 1. The minimum Gasteiger partial charge on any atom is -0.462 e. The molecule has 410 valence electrons. The van der Waals surface area contributed by atoms with Crippen molar-refractivity contribution in [3.05, 3.63) is 12.2 Å². The lowest BCUT2D eigenvalue weighted by Gasteiger charge is -2.24. The molecule has 1 N–H and O–H groups in total. The van der Waals surface area contributed by atoms with E-state index in [0.717, 1.165) is 51.4 Å². The largest absolute Gasteiger partial charge is 0.472 e. The average Bonchev–Trinajstić information content (AvgIpc) is 3.31. The summed E-state index contributed by atoms with van der Waals surface area (Å²) in [4.78, 5) is 35.6. The van der Waals surface area contributed by atoms with Gasteiger partial charge in [0.2, 0.25) is 0 Å². The van der Waals surface area contributed by atoms with Gasteiger partial charge in [0.1, 0.15) is 19.8 Å². The van der Waals surface area contributed by atoms with Gasteiger partial charge in [0.15, 0.2) is 6.10 Å². The van der Waals surface area contributed by atoms with Crippen molar-refractivity contribution >= 4 is 19.8 Å². The number of ether oxygens (including phenoxy) is 2. The maximum atomic E-state index is 12.8. The first-order valence-electron chi connectivity index (χ1n) is 29.9. The zero-order chi connectivity index (χ0) is 50.6. The van der Waals surface area contributed by atoms with E-state index < -0.39 is 26.5 Å². The van der Waals surface area contributed by atoms with Crippen LogP contribution >= 0.6 is 7.82 Å². The number of hydrogen-bond acceptors (Lipinski definition) is 7. The van der Waals surface area contributed by atoms with Crippen LogP contribution in [0.3, 0.4) is 0 Å². The molecule has 0 aliphatic heterocycles. The Morgan fingerprint density at radius 3 is 1.07 bits per heavy atom. The first kappa shape index (κ1) is 67.8. The Labute approximate surface area is 428 Å². The number of carbonyl (C=O) groups is 2. The first-order chi connectivity index (χ1) is 33.5. The highest BCUT2D eigenvalue weighted by molar-refractivity contribution is 7.47. The number of esters is 2. The Hall–Kier alpha value is -1.25. The number of carbonyl (C=O) groups excluding carboxylic acids is 2. The van der Waals surface area contributed by atoms with Crippen molar-refractivity contribution in [3.63, 3.8) is 0 Å². The smallest absolute Gasteiger partial charge is 0.462 e. The Bertz CT molecular complexity index is 1180. The van der Waals surface area contributed by atoms with Crippen LogP contribution in [0.15, 0.2) is 12.2 Å². The predicted octanol–water partition coefficient (Wildman–Crippen LogP) is 18.4. The van der Waals surface area contributed by atoms with Crippen molar-refractivity contribution in [2.45, 2.75) is 309 Å². The van der Waals surface area contributed by atoms with Gasteiger partial charge in [-0.15, -0.1) is 0 Å². The molecule has 2 unspecified atom stereocenters. The SMILES string of the molecule is CCCCCCCC/C=C\CCCCCCCC(=O)OC(COC(=O)CCCCCCCCCCCCCCCCCCCCCCCCCCCCCCCC)COP(=O)(O)OCC[N+](C)(C)C. The number of rotatable bonds is 56. The van der Waals surface area contributed by atoms with Crippen LogP contribution in [0.4, 0.5) is 0 Å². The van der Waals surface area contributed by atoms with E-state index in [1.54, 1.807) is 0 Å². The molecule has 0 rings (SSSR count). The molecule has 0 aromatic rings. The molecule has 0 aliphatic carbocycles. The Morgan fingerprint density at radius 2 is 0.739 bits per heavy atom. The monoisotopic (exact) mass is 999 g/mol. The van der Waals surface area contributed by atoms with Crippen LogP contribution in [-0.2, 0) is 32.7 Å². The lowest BCUT2D eigenvalue weighted by Crippen LogP contribution is -2.37. The van der Waals surface area contributed by atoms with Crippen molar-refractivity contribution in [1.29, 1.82) is 0 Å². The van der Waals surface area contributed by atoms with E-state index in [9.17, 15) is 19.0 Å². The van der Waals surface area contributed by atoms with Crippen molar-refractivity contribution in [1.82, 2.24) is 0 Å². The standard InChI is InChI=1S/C59H116NO8P/c1-6-8-10-12-14-16-18-20-22-23-24-25-26-27-28-29-30-31-32-33-34-35-36-38-39-41-43-45-47-49-51-58(61)65-55-57(56-67-69(63,64)66-54-53-60(3,4)5)68-59(62)52-50-48-46-44-42-40-37-21-19-17-15-13-11-9-7-2/h21,37,57H,6-20,22-36,38-56H2,1-5H3/p+1/b37-21-. The second-order valence-corrected chi connectivity index (χ2v) is 23.2. The van der Waals surface area contributed by atoms with Crippen LogP contribution in [0.25, 0.3) is 0 Å². The van der Waals surface area contributed by atoms with Crippen LogP contribution in [0.1, 0.15) is 303 Å². The average molecular weight is 1000 g/mol. The number of nitrogens with zero attached hydrogens (tertiary/aromatic N) is 1. The van der Waals surface area contributed by atoms with E-state index in [2.05, 4.69) is 26.0 Å². The van der Waals surface area contributed by atoms with Gasteiger partial charge >= 0.3 is 19.8 Å². The lowest BCUT2D eigenvalue weighted by molar-refractivity contribution is -0.870. The van der Waals surface area contributed by atoms with Gasteiger partial charge < -0.3 is 18.9 Å².